The van der Waals surface area contributed by atoms with Crippen LogP contribution in [0.15, 0.2) is 54.6 Å². The summed E-state index contributed by atoms with van der Waals surface area (Å²) in [6, 6.07) is 15.6. The van der Waals surface area contributed by atoms with Gasteiger partial charge >= 0.3 is 0 Å². The lowest BCUT2D eigenvalue weighted by atomic mass is 10.2. The molecule has 0 radical (unpaired) electrons. The molecule has 0 aliphatic carbocycles. The lowest BCUT2D eigenvalue weighted by Gasteiger charge is -2.37. The molecule has 0 spiro atoms. The lowest BCUT2D eigenvalue weighted by molar-refractivity contribution is -0.120. The molecule has 1 N–H and O–H groups in total. The Labute approximate surface area is 173 Å². The Morgan fingerprint density at radius 2 is 1.86 bits per heavy atom. The van der Waals surface area contributed by atoms with Crippen molar-refractivity contribution in [3.63, 3.8) is 0 Å². The quantitative estimate of drug-likeness (QED) is 0.696. The van der Waals surface area contributed by atoms with Gasteiger partial charge in [-0.05, 0) is 25.1 Å². The van der Waals surface area contributed by atoms with E-state index in [2.05, 4.69) is 24.5 Å². The number of anilines is 2. The van der Waals surface area contributed by atoms with Gasteiger partial charge in [0.15, 0.2) is 5.82 Å². The summed E-state index contributed by atoms with van der Waals surface area (Å²) in [5, 5.41) is 3.69. The lowest BCUT2D eigenvalue weighted by Crippen LogP contribution is -2.52. The fourth-order valence-electron chi connectivity index (χ4n) is 3.33. The van der Waals surface area contributed by atoms with Crippen molar-refractivity contribution in [2.24, 2.45) is 0 Å². The summed E-state index contributed by atoms with van der Waals surface area (Å²) in [6.45, 7) is 4.93. The van der Waals surface area contributed by atoms with Crippen LogP contribution in [0.4, 0.5) is 15.2 Å². The number of nitrogens with one attached hydrogen (secondary N) is 1. The largest absolute Gasteiger partial charge is 0.344 e. The molecule has 1 unspecified atom stereocenters. The van der Waals surface area contributed by atoms with Crippen molar-refractivity contribution >= 4 is 28.3 Å². The van der Waals surface area contributed by atoms with E-state index in [0.29, 0.717) is 5.69 Å². The Bertz CT molecular complexity index is 972. The minimum Gasteiger partial charge on any atom is -0.344 e. The van der Waals surface area contributed by atoms with Gasteiger partial charge in [0.2, 0.25) is 11.0 Å². The molecule has 1 saturated heterocycles. The molecule has 8 heteroatoms. The molecule has 0 bridgehead atoms. The molecule has 1 aliphatic heterocycles. The van der Waals surface area contributed by atoms with E-state index in [0.717, 1.165) is 42.7 Å². The smallest absolute Gasteiger partial charge is 0.241 e. The van der Waals surface area contributed by atoms with Crippen LogP contribution in [0.3, 0.4) is 0 Å². The second kappa shape index (κ2) is 8.67. The molecular formula is C21H22FN5OS. The fraction of sp³-hybridized carbons (Fsp3) is 0.286. The van der Waals surface area contributed by atoms with Gasteiger partial charge in [0.25, 0.3) is 0 Å². The van der Waals surface area contributed by atoms with Crippen LogP contribution in [0.5, 0.6) is 0 Å². The number of hydrogen-bond acceptors (Lipinski definition) is 6. The van der Waals surface area contributed by atoms with Gasteiger partial charge in [-0.2, -0.15) is 9.36 Å². The number of nitrogens with zero attached hydrogens (tertiary/aromatic N) is 4. The minimum absolute atomic E-state index is 0.133. The summed E-state index contributed by atoms with van der Waals surface area (Å²) >= 11 is 1.40. The molecular weight excluding hydrogens is 389 g/mol. The zero-order valence-electron chi connectivity index (χ0n) is 16.1. The number of halogens is 1. The summed E-state index contributed by atoms with van der Waals surface area (Å²) < 4.78 is 17.8. The Kier molecular flexibility index (Phi) is 5.82. The van der Waals surface area contributed by atoms with Crippen molar-refractivity contribution in [1.82, 2.24) is 14.3 Å². The molecule has 1 atom stereocenters. The molecule has 1 aromatic heterocycles. The first kappa shape index (κ1) is 19.5. The SMILES string of the molecule is CC(C(=O)Nc1cccc(F)c1)N1CCN(c2nc(-c3ccccc3)ns2)CC1. The Morgan fingerprint density at radius 1 is 1.10 bits per heavy atom. The number of carbonyl (C=O) groups excluding carboxylic acids is 1. The van der Waals surface area contributed by atoms with Crippen molar-refractivity contribution in [3.8, 4) is 11.4 Å². The van der Waals surface area contributed by atoms with E-state index in [1.807, 2.05) is 37.3 Å². The van der Waals surface area contributed by atoms with Gasteiger partial charge in [-0.3, -0.25) is 9.69 Å². The van der Waals surface area contributed by atoms with E-state index in [-0.39, 0.29) is 17.8 Å². The molecule has 150 valence electrons. The zero-order chi connectivity index (χ0) is 20.2. The van der Waals surface area contributed by atoms with Gasteiger partial charge in [-0.15, -0.1) is 0 Å². The van der Waals surface area contributed by atoms with Crippen molar-refractivity contribution in [1.29, 1.82) is 0 Å². The molecule has 3 aromatic rings. The first-order chi connectivity index (χ1) is 14.1. The van der Waals surface area contributed by atoms with Crippen LogP contribution in [-0.4, -0.2) is 52.4 Å². The van der Waals surface area contributed by atoms with E-state index >= 15 is 0 Å². The molecule has 1 fully saturated rings. The molecule has 0 saturated carbocycles. The van der Waals surface area contributed by atoms with Crippen molar-refractivity contribution in [2.45, 2.75) is 13.0 Å². The van der Waals surface area contributed by atoms with Crippen molar-refractivity contribution in [3.05, 3.63) is 60.4 Å². The summed E-state index contributed by atoms with van der Waals surface area (Å²) in [6.07, 6.45) is 0. The van der Waals surface area contributed by atoms with E-state index in [9.17, 15) is 9.18 Å². The van der Waals surface area contributed by atoms with Crippen LogP contribution < -0.4 is 10.2 Å². The molecule has 4 rings (SSSR count). The first-order valence-corrected chi connectivity index (χ1v) is 10.3. The third-order valence-corrected chi connectivity index (χ3v) is 5.83. The predicted octanol–water partition coefficient (Wildman–Crippen LogP) is 3.49. The number of benzene rings is 2. The summed E-state index contributed by atoms with van der Waals surface area (Å²) in [7, 11) is 0. The molecule has 1 aliphatic rings. The van der Waals surface area contributed by atoms with Gasteiger partial charge in [-0.1, -0.05) is 36.4 Å². The molecule has 29 heavy (non-hydrogen) atoms. The van der Waals surface area contributed by atoms with Gasteiger partial charge in [0.1, 0.15) is 5.82 Å². The summed E-state index contributed by atoms with van der Waals surface area (Å²) in [5.41, 5.74) is 1.49. The summed E-state index contributed by atoms with van der Waals surface area (Å²) in [4.78, 5) is 21.5. The van der Waals surface area contributed by atoms with E-state index in [1.165, 1.54) is 23.7 Å². The zero-order valence-corrected chi connectivity index (χ0v) is 16.9. The van der Waals surface area contributed by atoms with Gasteiger partial charge in [0, 0.05) is 49.0 Å². The minimum atomic E-state index is -0.365. The number of aromatic nitrogens is 2. The monoisotopic (exact) mass is 411 g/mol. The third kappa shape index (κ3) is 4.60. The number of hydrogen-bond donors (Lipinski definition) is 1. The van der Waals surface area contributed by atoms with Crippen LogP contribution in [0.2, 0.25) is 0 Å². The second-order valence-corrected chi connectivity index (χ2v) is 7.70. The number of carbonyl (C=O) groups is 1. The molecule has 6 nitrogen and oxygen atoms in total. The van der Waals surface area contributed by atoms with E-state index in [4.69, 9.17) is 0 Å². The van der Waals surface area contributed by atoms with Gasteiger partial charge < -0.3 is 10.2 Å². The highest BCUT2D eigenvalue weighted by atomic mass is 32.1. The highest BCUT2D eigenvalue weighted by Crippen LogP contribution is 2.25. The third-order valence-electron chi connectivity index (χ3n) is 5.05. The van der Waals surface area contributed by atoms with Gasteiger partial charge in [0.05, 0.1) is 6.04 Å². The van der Waals surface area contributed by atoms with Crippen LogP contribution in [0, 0.1) is 5.82 Å². The fourth-order valence-corrected chi connectivity index (χ4v) is 4.07. The van der Waals surface area contributed by atoms with Crippen LogP contribution in [-0.2, 0) is 4.79 Å². The molecule has 2 heterocycles. The average Bonchev–Trinajstić information content (AvgIpc) is 3.24. The van der Waals surface area contributed by atoms with Crippen LogP contribution >= 0.6 is 11.5 Å². The highest BCUT2D eigenvalue weighted by Gasteiger charge is 2.27. The van der Waals surface area contributed by atoms with Crippen LogP contribution in [0.25, 0.3) is 11.4 Å². The van der Waals surface area contributed by atoms with E-state index in [1.54, 1.807) is 12.1 Å². The van der Waals surface area contributed by atoms with Crippen molar-refractivity contribution in [2.75, 3.05) is 36.4 Å². The van der Waals surface area contributed by atoms with Gasteiger partial charge in [-0.25, -0.2) is 4.39 Å². The van der Waals surface area contributed by atoms with E-state index < -0.39 is 0 Å². The number of amides is 1. The second-order valence-electron chi connectivity index (χ2n) is 6.97. The maximum absolute atomic E-state index is 13.3. The Balaban J connectivity index is 1.33. The standard InChI is InChI=1S/C21H22FN5OS/c1-15(20(28)23-18-9-5-8-17(22)14-18)26-10-12-27(13-11-26)21-24-19(25-29-21)16-6-3-2-4-7-16/h2-9,14-15H,10-13H2,1H3,(H,23,28). The van der Waals surface area contributed by atoms with Crippen molar-refractivity contribution < 1.29 is 9.18 Å². The average molecular weight is 412 g/mol. The number of piperazine rings is 1. The summed E-state index contributed by atoms with van der Waals surface area (Å²) in [5.74, 6) is 0.248. The molecule has 1 amide bonds. The van der Waals surface area contributed by atoms with Crippen LogP contribution in [0.1, 0.15) is 6.92 Å². The first-order valence-electron chi connectivity index (χ1n) is 9.55. The predicted molar refractivity (Wildman–Crippen MR) is 114 cm³/mol. The highest BCUT2D eigenvalue weighted by molar-refractivity contribution is 7.09. The normalized spacial score (nSPS) is 15.9. The number of rotatable bonds is 5. The molecule has 2 aromatic carbocycles. The Hall–Kier alpha value is -2.84. The Morgan fingerprint density at radius 3 is 2.59 bits per heavy atom. The topological polar surface area (TPSA) is 61.4 Å². The maximum atomic E-state index is 13.3. The maximum Gasteiger partial charge on any atom is 0.241 e.